The Morgan fingerprint density at radius 3 is 2.31 bits per heavy atom. The number of nitrogens with zero attached hydrogens (tertiary/aromatic N) is 2. The Balaban J connectivity index is 1.01. The molecule has 61 heavy (non-hydrogen) atoms. The molecule has 1 unspecified atom stereocenters. The molecular weight excluding hydrogens is 815 g/mol. The second kappa shape index (κ2) is 18.1. The number of hydrogen-bond donors (Lipinski definition) is 3. The van der Waals surface area contributed by atoms with Gasteiger partial charge < -0.3 is 30.1 Å². The SMILES string of the molecule is N#Cc1ccc(-c2ccc(CC(NC(=O)[C@@H]3Cc4cc5c(cc4CN3C(=O)CC3CCCC3)O[C@@H](c3ccccc3OCc3ccc(Cl)c(Cl)c3)C(=O)N5)C(=O)O)cc2)cc1. The molecule has 3 N–H and O–H groups in total. The molecule has 5 aromatic rings. The first-order valence-corrected chi connectivity index (χ1v) is 21.0. The van der Waals surface area contributed by atoms with Gasteiger partial charge in [0.05, 0.1) is 27.4 Å². The van der Waals surface area contributed by atoms with E-state index in [4.69, 9.17) is 37.9 Å². The van der Waals surface area contributed by atoms with Crippen LogP contribution in [0.1, 0.15) is 71.6 Å². The average Bonchev–Trinajstić information content (AvgIpc) is 3.78. The van der Waals surface area contributed by atoms with Gasteiger partial charge in [0.1, 0.15) is 30.2 Å². The highest BCUT2D eigenvalue weighted by Crippen LogP contribution is 2.42. The molecule has 0 saturated heterocycles. The number of aliphatic carboxylic acids is 1. The zero-order valence-electron chi connectivity index (χ0n) is 33.0. The molecule has 0 spiro atoms. The van der Waals surface area contributed by atoms with Crippen molar-refractivity contribution in [3.05, 3.63) is 147 Å². The van der Waals surface area contributed by atoms with Crippen LogP contribution in [0.25, 0.3) is 11.1 Å². The van der Waals surface area contributed by atoms with Crippen LogP contribution in [-0.4, -0.2) is 45.8 Å². The van der Waals surface area contributed by atoms with E-state index in [0.717, 1.165) is 53.5 Å². The predicted octanol–water partition coefficient (Wildman–Crippen LogP) is 8.83. The second-order valence-corrected chi connectivity index (χ2v) is 16.6. The molecular formula is C48H42Cl2N4O7. The van der Waals surface area contributed by atoms with Crippen molar-refractivity contribution >= 4 is 52.6 Å². The van der Waals surface area contributed by atoms with Gasteiger partial charge in [0.2, 0.25) is 17.9 Å². The third-order valence-electron chi connectivity index (χ3n) is 11.7. The van der Waals surface area contributed by atoms with Crippen molar-refractivity contribution in [2.75, 3.05) is 5.32 Å². The smallest absolute Gasteiger partial charge is 0.326 e. The molecule has 310 valence electrons. The molecule has 13 heteroatoms. The summed E-state index contributed by atoms with van der Waals surface area (Å²) in [6, 6.07) is 30.3. The molecule has 2 heterocycles. The van der Waals surface area contributed by atoms with Gasteiger partial charge in [-0.15, -0.1) is 0 Å². The van der Waals surface area contributed by atoms with Crippen LogP contribution in [-0.2, 0) is 45.2 Å². The third kappa shape index (κ3) is 9.36. The van der Waals surface area contributed by atoms with Gasteiger partial charge in [-0.25, -0.2) is 4.79 Å². The van der Waals surface area contributed by atoms with E-state index in [1.165, 1.54) is 0 Å². The van der Waals surface area contributed by atoms with E-state index in [1.807, 2.05) is 42.5 Å². The number of fused-ring (bicyclic) bond motifs is 2. The number of hydrogen-bond acceptors (Lipinski definition) is 7. The molecule has 2 aliphatic heterocycles. The summed E-state index contributed by atoms with van der Waals surface area (Å²) >= 11 is 12.3. The lowest BCUT2D eigenvalue weighted by atomic mass is 9.90. The second-order valence-electron chi connectivity index (χ2n) is 15.8. The maximum absolute atomic E-state index is 14.2. The summed E-state index contributed by atoms with van der Waals surface area (Å²) in [5.74, 6) is -1.26. The van der Waals surface area contributed by atoms with Crippen LogP contribution < -0.4 is 20.1 Å². The molecule has 3 aliphatic rings. The Bertz CT molecular complexity index is 2530. The molecule has 3 atom stereocenters. The number of para-hydroxylation sites is 1. The highest BCUT2D eigenvalue weighted by atomic mass is 35.5. The highest BCUT2D eigenvalue weighted by Gasteiger charge is 2.39. The number of carboxylic acids is 1. The van der Waals surface area contributed by atoms with Gasteiger partial charge in [-0.3, -0.25) is 14.4 Å². The number of benzene rings is 5. The fraction of sp³-hybridized carbons (Fsp3) is 0.271. The molecule has 1 fully saturated rings. The van der Waals surface area contributed by atoms with Crippen LogP contribution >= 0.6 is 23.2 Å². The zero-order chi connectivity index (χ0) is 42.6. The summed E-state index contributed by atoms with van der Waals surface area (Å²) in [6.07, 6.45) is 3.39. The van der Waals surface area contributed by atoms with Crippen LogP contribution in [0, 0.1) is 17.2 Å². The number of rotatable bonds is 12. The molecule has 11 nitrogen and oxygen atoms in total. The number of amides is 3. The summed E-state index contributed by atoms with van der Waals surface area (Å²) in [6.45, 7) is 0.277. The van der Waals surface area contributed by atoms with Crippen molar-refractivity contribution in [1.82, 2.24) is 10.2 Å². The van der Waals surface area contributed by atoms with Crippen molar-refractivity contribution in [2.45, 2.75) is 76.3 Å². The average molecular weight is 858 g/mol. The third-order valence-corrected chi connectivity index (χ3v) is 12.4. The summed E-state index contributed by atoms with van der Waals surface area (Å²) in [4.78, 5) is 56.1. The maximum atomic E-state index is 14.2. The van der Waals surface area contributed by atoms with Crippen LogP contribution in [0.3, 0.4) is 0 Å². The Morgan fingerprint density at radius 1 is 0.902 bits per heavy atom. The summed E-state index contributed by atoms with van der Waals surface area (Å²) in [5, 5.41) is 26.0. The fourth-order valence-corrected chi connectivity index (χ4v) is 8.68. The first-order valence-electron chi connectivity index (χ1n) is 20.2. The number of ether oxygens (including phenoxy) is 2. The Kier molecular flexibility index (Phi) is 12.3. The predicted molar refractivity (Wildman–Crippen MR) is 230 cm³/mol. The number of halogens is 2. The minimum absolute atomic E-state index is 0.0236. The van der Waals surface area contributed by atoms with Crippen molar-refractivity contribution in [3.8, 4) is 28.7 Å². The van der Waals surface area contributed by atoms with Gasteiger partial charge in [0.15, 0.2) is 0 Å². The largest absolute Gasteiger partial charge is 0.488 e. The number of carbonyl (C=O) groups is 4. The van der Waals surface area contributed by atoms with E-state index >= 15 is 0 Å². The molecule has 8 rings (SSSR count). The molecule has 1 aliphatic carbocycles. The molecule has 0 bridgehead atoms. The molecule has 5 aromatic carbocycles. The standard InChI is InChI=1S/C48H42Cl2N4O7/c49-37-18-13-31(19-38(37)50)27-60-42-8-4-3-7-36(42)45-47(57)52-39-22-34-23-41(54(26-35(34)24-43(39)61-45)44(55)21-28-5-1-2-6-28)46(56)53-40(48(58)59)20-29-9-14-32(15-10-29)33-16-11-30(25-51)12-17-33/h3-4,7-19,22,24,28,40-41,45H,1-2,5-6,20-21,23,26-27H2,(H,52,57)(H,53,56)(H,58,59)/t40?,41-,45-/m0/s1. The minimum atomic E-state index is -1.26. The lowest BCUT2D eigenvalue weighted by Gasteiger charge is -2.38. The van der Waals surface area contributed by atoms with Crippen LogP contribution in [0.2, 0.25) is 10.0 Å². The quantitative estimate of drug-likeness (QED) is 0.112. The van der Waals surface area contributed by atoms with Crippen LogP contribution in [0.15, 0.2) is 103 Å². The lowest BCUT2D eigenvalue weighted by molar-refractivity contribution is -0.145. The molecule has 0 aromatic heterocycles. The highest BCUT2D eigenvalue weighted by molar-refractivity contribution is 6.42. The molecule has 3 amide bonds. The van der Waals surface area contributed by atoms with Crippen LogP contribution in [0.5, 0.6) is 11.5 Å². The van der Waals surface area contributed by atoms with Gasteiger partial charge in [0, 0.05) is 31.4 Å². The Labute approximate surface area is 363 Å². The number of anilines is 1. The summed E-state index contributed by atoms with van der Waals surface area (Å²) in [7, 11) is 0. The first-order chi connectivity index (χ1) is 29.5. The van der Waals surface area contributed by atoms with E-state index in [1.54, 1.807) is 65.6 Å². The topological polar surface area (TPSA) is 158 Å². The van der Waals surface area contributed by atoms with Crippen LogP contribution in [0.4, 0.5) is 5.69 Å². The van der Waals surface area contributed by atoms with E-state index < -0.39 is 36.0 Å². The van der Waals surface area contributed by atoms with Gasteiger partial charge in [-0.1, -0.05) is 96.7 Å². The normalized spacial score (nSPS) is 17.5. The Morgan fingerprint density at radius 2 is 1.61 bits per heavy atom. The van der Waals surface area contributed by atoms with Crippen molar-refractivity contribution in [3.63, 3.8) is 0 Å². The lowest BCUT2D eigenvalue weighted by Crippen LogP contribution is -2.56. The van der Waals surface area contributed by atoms with Gasteiger partial charge in [0.25, 0.3) is 5.91 Å². The maximum Gasteiger partial charge on any atom is 0.326 e. The number of carboxylic acid groups (broad SMARTS) is 1. The molecule has 1 saturated carbocycles. The van der Waals surface area contributed by atoms with E-state index in [9.17, 15) is 24.3 Å². The zero-order valence-corrected chi connectivity index (χ0v) is 34.5. The monoisotopic (exact) mass is 856 g/mol. The van der Waals surface area contributed by atoms with E-state index in [2.05, 4.69) is 16.7 Å². The summed E-state index contributed by atoms with van der Waals surface area (Å²) < 4.78 is 12.5. The number of nitrogens with one attached hydrogen (secondary N) is 2. The molecule has 0 radical (unpaired) electrons. The first kappa shape index (κ1) is 41.4. The van der Waals surface area contributed by atoms with Gasteiger partial charge >= 0.3 is 5.97 Å². The van der Waals surface area contributed by atoms with Crippen molar-refractivity contribution in [2.24, 2.45) is 5.92 Å². The van der Waals surface area contributed by atoms with E-state index in [-0.39, 0.29) is 37.8 Å². The summed E-state index contributed by atoms with van der Waals surface area (Å²) in [5.41, 5.74) is 6.30. The Hall–Kier alpha value is -6.35. The minimum Gasteiger partial charge on any atom is -0.488 e. The van der Waals surface area contributed by atoms with Gasteiger partial charge in [-0.05, 0) is 94.6 Å². The fourth-order valence-electron chi connectivity index (χ4n) is 8.36. The van der Waals surface area contributed by atoms with E-state index in [0.29, 0.717) is 50.3 Å². The number of carbonyl (C=O) groups excluding carboxylic acids is 3. The number of nitriles is 1. The van der Waals surface area contributed by atoms with Crippen molar-refractivity contribution in [1.29, 1.82) is 5.26 Å². The van der Waals surface area contributed by atoms with Crippen molar-refractivity contribution < 1.29 is 33.8 Å². The van der Waals surface area contributed by atoms with Gasteiger partial charge in [-0.2, -0.15) is 5.26 Å².